The summed E-state index contributed by atoms with van der Waals surface area (Å²) in [5.74, 6) is -1.12. The van der Waals surface area contributed by atoms with Crippen LogP contribution in [0.25, 0.3) is 5.65 Å². The van der Waals surface area contributed by atoms with Gasteiger partial charge in [0.25, 0.3) is 5.82 Å². The lowest BCUT2D eigenvalue weighted by Gasteiger charge is -2.09. The SMILES string of the molecule is Cc1c(Sc2nccs2)nn2c(C(F)(F)F)nnc2c1C. The maximum atomic E-state index is 12.9. The van der Waals surface area contributed by atoms with Gasteiger partial charge in [0.05, 0.1) is 0 Å². The van der Waals surface area contributed by atoms with Crippen LogP contribution >= 0.6 is 23.1 Å². The van der Waals surface area contributed by atoms with Gasteiger partial charge in [-0.15, -0.1) is 21.5 Å². The van der Waals surface area contributed by atoms with Crippen molar-refractivity contribution in [3.05, 3.63) is 28.5 Å². The molecule has 110 valence electrons. The Morgan fingerprint density at radius 2 is 1.95 bits per heavy atom. The first-order valence-electron chi connectivity index (χ1n) is 5.75. The Bertz CT molecular complexity index is 794. The monoisotopic (exact) mass is 331 g/mol. The van der Waals surface area contributed by atoms with Gasteiger partial charge in [-0.25, -0.2) is 4.98 Å². The fraction of sp³-hybridized carbons (Fsp3) is 0.273. The third kappa shape index (κ3) is 2.48. The number of thiazole rings is 1. The second-order valence-corrected chi connectivity index (χ2v) is 6.34. The van der Waals surface area contributed by atoms with Gasteiger partial charge in [0, 0.05) is 17.1 Å². The molecule has 3 aromatic rings. The second kappa shape index (κ2) is 4.95. The summed E-state index contributed by atoms with van der Waals surface area (Å²) in [6.07, 6.45) is -2.97. The molecule has 0 unspecified atom stereocenters. The molecule has 0 amide bonds. The lowest BCUT2D eigenvalue weighted by Crippen LogP contribution is -2.13. The smallest absolute Gasteiger partial charge is 0.238 e. The number of hydrogen-bond donors (Lipinski definition) is 0. The molecule has 0 saturated heterocycles. The molecule has 0 fully saturated rings. The van der Waals surface area contributed by atoms with Gasteiger partial charge in [0.2, 0.25) is 0 Å². The number of fused-ring (bicyclic) bond motifs is 1. The lowest BCUT2D eigenvalue weighted by atomic mass is 10.2. The van der Waals surface area contributed by atoms with E-state index >= 15 is 0 Å². The zero-order valence-corrected chi connectivity index (χ0v) is 12.5. The Kier molecular flexibility index (Phi) is 3.36. The van der Waals surface area contributed by atoms with Crippen LogP contribution in [0, 0.1) is 13.8 Å². The zero-order chi connectivity index (χ0) is 15.2. The van der Waals surface area contributed by atoms with E-state index in [0.29, 0.717) is 14.9 Å². The maximum Gasteiger partial charge on any atom is 0.453 e. The lowest BCUT2D eigenvalue weighted by molar-refractivity contribution is -0.146. The van der Waals surface area contributed by atoms with E-state index < -0.39 is 12.0 Å². The summed E-state index contributed by atoms with van der Waals surface area (Å²) < 4.78 is 40.2. The van der Waals surface area contributed by atoms with E-state index in [2.05, 4.69) is 20.3 Å². The number of halogens is 3. The van der Waals surface area contributed by atoms with E-state index in [-0.39, 0.29) is 5.65 Å². The molecule has 3 rings (SSSR count). The molecule has 0 spiro atoms. The Hall–Kier alpha value is -1.68. The molecule has 0 radical (unpaired) electrons. The number of alkyl halides is 3. The van der Waals surface area contributed by atoms with E-state index in [4.69, 9.17) is 0 Å². The normalized spacial score (nSPS) is 12.2. The maximum absolute atomic E-state index is 12.9. The third-order valence-electron chi connectivity index (χ3n) is 2.90. The predicted octanol–water partition coefficient (Wildman–Crippen LogP) is 3.37. The van der Waals surface area contributed by atoms with Crippen LogP contribution in [-0.4, -0.2) is 24.8 Å². The Morgan fingerprint density at radius 3 is 2.57 bits per heavy atom. The van der Waals surface area contributed by atoms with Crippen molar-refractivity contribution in [2.24, 2.45) is 0 Å². The van der Waals surface area contributed by atoms with Gasteiger partial charge in [-0.1, -0.05) is 0 Å². The fourth-order valence-electron chi connectivity index (χ4n) is 1.72. The van der Waals surface area contributed by atoms with Gasteiger partial charge in [-0.2, -0.15) is 22.8 Å². The second-order valence-electron chi connectivity index (χ2n) is 4.21. The van der Waals surface area contributed by atoms with Gasteiger partial charge in [-0.05, 0) is 31.2 Å². The molecule has 0 aliphatic heterocycles. The Balaban J connectivity index is 2.19. The molecule has 3 aromatic heterocycles. The van der Waals surface area contributed by atoms with Crippen molar-refractivity contribution in [1.29, 1.82) is 0 Å². The van der Waals surface area contributed by atoms with Crippen LogP contribution < -0.4 is 0 Å². The molecular formula is C11H8F3N5S2. The molecule has 0 aromatic carbocycles. The molecule has 0 aliphatic carbocycles. The summed E-state index contributed by atoms with van der Waals surface area (Å²) in [5.41, 5.74) is 1.50. The van der Waals surface area contributed by atoms with Crippen LogP contribution in [-0.2, 0) is 6.18 Å². The van der Waals surface area contributed by atoms with Gasteiger partial charge in [0.15, 0.2) is 9.99 Å². The molecular weight excluding hydrogens is 323 g/mol. The highest BCUT2D eigenvalue weighted by molar-refractivity contribution is 8.01. The number of hydrogen-bond acceptors (Lipinski definition) is 6. The molecule has 10 heteroatoms. The fourth-order valence-corrected chi connectivity index (χ4v) is 3.38. The van der Waals surface area contributed by atoms with Crippen LogP contribution in [0.3, 0.4) is 0 Å². The largest absolute Gasteiger partial charge is 0.453 e. The summed E-state index contributed by atoms with van der Waals surface area (Å²) in [4.78, 5) is 4.10. The van der Waals surface area contributed by atoms with Crippen LogP contribution in [0.15, 0.2) is 20.9 Å². The highest BCUT2D eigenvalue weighted by Crippen LogP contribution is 2.34. The summed E-state index contributed by atoms with van der Waals surface area (Å²) in [5, 5.41) is 13.1. The molecule has 0 saturated carbocycles. The van der Waals surface area contributed by atoms with Crippen LogP contribution in [0.2, 0.25) is 0 Å². The number of aryl methyl sites for hydroxylation is 1. The number of aromatic nitrogens is 5. The molecule has 0 atom stereocenters. The first-order valence-corrected chi connectivity index (χ1v) is 7.44. The molecule has 0 N–H and O–H groups in total. The van der Waals surface area contributed by atoms with Crippen molar-refractivity contribution in [2.75, 3.05) is 0 Å². The van der Waals surface area contributed by atoms with E-state index in [9.17, 15) is 13.2 Å². The molecule has 0 bridgehead atoms. The van der Waals surface area contributed by atoms with Gasteiger partial charge >= 0.3 is 6.18 Å². The van der Waals surface area contributed by atoms with Crippen LogP contribution in [0.1, 0.15) is 17.0 Å². The van der Waals surface area contributed by atoms with Crippen molar-refractivity contribution < 1.29 is 13.2 Å². The number of nitrogens with zero attached hydrogens (tertiary/aromatic N) is 5. The van der Waals surface area contributed by atoms with Gasteiger partial charge in [-0.3, -0.25) is 0 Å². The van der Waals surface area contributed by atoms with E-state index in [0.717, 1.165) is 10.1 Å². The van der Waals surface area contributed by atoms with E-state index in [1.165, 1.54) is 23.1 Å². The minimum Gasteiger partial charge on any atom is -0.238 e. The van der Waals surface area contributed by atoms with E-state index in [1.807, 2.05) is 0 Å². The minimum absolute atomic E-state index is 0.114. The quantitative estimate of drug-likeness (QED) is 0.721. The van der Waals surface area contributed by atoms with E-state index in [1.54, 1.807) is 25.4 Å². The highest BCUT2D eigenvalue weighted by atomic mass is 32.2. The summed E-state index contributed by atoms with van der Waals surface area (Å²) >= 11 is 2.62. The number of rotatable bonds is 2. The van der Waals surface area contributed by atoms with Crippen molar-refractivity contribution in [3.8, 4) is 0 Å². The summed E-state index contributed by atoms with van der Waals surface area (Å²) in [6, 6.07) is 0. The topological polar surface area (TPSA) is 56.0 Å². The Labute approximate surface area is 125 Å². The first-order chi connectivity index (χ1) is 9.88. The van der Waals surface area contributed by atoms with Gasteiger partial charge < -0.3 is 0 Å². The minimum atomic E-state index is -4.60. The standard InChI is InChI=1S/C11H8F3N5S2/c1-5-6(2)8(21-10-15-3-4-20-10)18-19-7(5)16-17-9(19)11(12,13)14/h3-4H,1-2H3. The van der Waals surface area contributed by atoms with Crippen LogP contribution in [0.5, 0.6) is 0 Å². The van der Waals surface area contributed by atoms with Crippen LogP contribution in [0.4, 0.5) is 13.2 Å². The Morgan fingerprint density at radius 1 is 1.19 bits per heavy atom. The molecule has 0 aliphatic rings. The van der Waals surface area contributed by atoms with Crippen molar-refractivity contribution in [2.45, 2.75) is 29.4 Å². The molecule has 21 heavy (non-hydrogen) atoms. The zero-order valence-electron chi connectivity index (χ0n) is 10.8. The molecule has 3 heterocycles. The summed E-state index contributed by atoms with van der Waals surface area (Å²) in [7, 11) is 0. The third-order valence-corrected chi connectivity index (χ3v) is 4.86. The first kappa shape index (κ1) is 14.3. The highest BCUT2D eigenvalue weighted by Gasteiger charge is 2.38. The van der Waals surface area contributed by atoms with Crippen molar-refractivity contribution in [1.82, 2.24) is 24.8 Å². The van der Waals surface area contributed by atoms with Gasteiger partial charge in [0.1, 0.15) is 5.03 Å². The average Bonchev–Trinajstić information content (AvgIpc) is 3.03. The van der Waals surface area contributed by atoms with Crippen molar-refractivity contribution >= 4 is 28.7 Å². The van der Waals surface area contributed by atoms with Crippen molar-refractivity contribution in [3.63, 3.8) is 0 Å². The average molecular weight is 331 g/mol. The predicted molar refractivity (Wildman–Crippen MR) is 71.5 cm³/mol. The summed E-state index contributed by atoms with van der Waals surface area (Å²) in [6.45, 7) is 3.49. The molecule has 5 nitrogen and oxygen atoms in total.